The van der Waals surface area contributed by atoms with E-state index in [0.717, 1.165) is 31.9 Å². The van der Waals surface area contributed by atoms with Crippen LogP contribution in [0, 0.1) is 0 Å². The molecular weight excluding hydrogens is 216 g/mol. The smallest absolute Gasteiger partial charge is 0.0949 e. The molecule has 3 N–H and O–H groups in total. The second kappa shape index (κ2) is 7.42. The van der Waals surface area contributed by atoms with Gasteiger partial charge in [-0.05, 0) is 19.5 Å². The minimum Gasteiger partial charge on any atom is -0.394 e. The van der Waals surface area contributed by atoms with Gasteiger partial charge in [0, 0.05) is 19.3 Å². The third-order valence-electron chi connectivity index (χ3n) is 2.97. The van der Waals surface area contributed by atoms with Crippen molar-refractivity contribution in [3.8, 4) is 0 Å². The molecule has 0 bridgehead atoms. The molecule has 1 aromatic heterocycles. The summed E-state index contributed by atoms with van der Waals surface area (Å²) in [5.41, 5.74) is 6.72. The van der Waals surface area contributed by atoms with Crippen LogP contribution in [0.2, 0.25) is 0 Å². The quantitative estimate of drug-likeness (QED) is 0.698. The van der Waals surface area contributed by atoms with E-state index in [1.165, 1.54) is 6.42 Å². The monoisotopic (exact) mass is 240 g/mol. The van der Waals surface area contributed by atoms with Crippen molar-refractivity contribution in [1.82, 2.24) is 14.5 Å². The average Bonchev–Trinajstić information content (AvgIpc) is 2.81. The SMILES string of the molecule is CCCN(CC)CCn1cncc1C(N)CO. The summed E-state index contributed by atoms with van der Waals surface area (Å²) in [6.45, 7) is 8.36. The van der Waals surface area contributed by atoms with Crippen LogP contribution in [0.15, 0.2) is 12.5 Å². The normalized spacial score (nSPS) is 13.2. The molecule has 0 saturated heterocycles. The molecule has 1 unspecified atom stereocenters. The summed E-state index contributed by atoms with van der Waals surface area (Å²) in [5, 5.41) is 9.06. The predicted molar refractivity (Wildman–Crippen MR) is 68.6 cm³/mol. The lowest BCUT2D eigenvalue weighted by Crippen LogP contribution is -2.29. The third-order valence-corrected chi connectivity index (χ3v) is 2.97. The molecule has 5 nitrogen and oxygen atoms in total. The van der Waals surface area contributed by atoms with E-state index in [9.17, 15) is 0 Å². The zero-order valence-corrected chi connectivity index (χ0v) is 10.8. The van der Waals surface area contributed by atoms with Crippen LogP contribution in [0.5, 0.6) is 0 Å². The number of aromatic nitrogens is 2. The maximum atomic E-state index is 9.06. The number of nitrogens with zero attached hydrogens (tertiary/aromatic N) is 3. The molecule has 5 heteroatoms. The Morgan fingerprint density at radius 2 is 2.24 bits per heavy atom. The summed E-state index contributed by atoms with van der Waals surface area (Å²) in [5.74, 6) is 0. The van der Waals surface area contributed by atoms with E-state index in [2.05, 4.69) is 23.7 Å². The highest BCUT2D eigenvalue weighted by molar-refractivity contribution is 5.04. The van der Waals surface area contributed by atoms with Crippen molar-refractivity contribution in [2.45, 2.75) is 32.9 Å². The number of imidazole rings is 1. The lowest BCUT2D eigenvalue weighted by atomic mass is 10.2. The Balaban J connectivity index is 2.53. The summed E-state index contributed by atoms with van der Waals surface area (Å²) in [6, 6.07) is -0.334. The molecule has 17 heavy (non-hydrogen) atoms. The van der Waals surface area contributed by atoms with Crippen molar-refractivity contribution < 1.29 is 5.11 Å². The van der Waals surface area contributed by atoms with E-state index >= 15 is 0 Å². The standard InChI is InChI=1S/C12H24N4O/c1-3-5-15(4-2)6-7-16-10-14-8-12(16)11(13)9-17/h8,10-11,17H,3-7,9,13H2,1-2H3. The van der Waals surface area contributed by atoms with Crippen LogP contribution in [0.3, 0.4) is 0 Å². The van der Waals surface area contributed by atoms with Crippen LogP contribution < -0.4 is 5.73 Å². The number of aliphatic hydroxyl groups is 1. The Labute approximate surface area is 103 Å². The maximum Gasteiger partial charge on any atom is 0.0949 e. The predicted octanol–water partition coefficient (Wildman–Crippen LogP) is 0.607. The number of hydrogen-bond donors (Lipinski definition) is 2. The molecule has 0 aliphatic rings. The summed E-state index contributed by atoms with van der Waals surface area (Å²) >= 11 is 0. The van der Waals surface area contributed by atoms with Crippen LogP contribution in [-0.2, 0) is 6.54 Å². The highest BCUT2D eigenvalue weighted by Crippen LogP contribution is 2.09. The fraction of sp³-hybridized carbons (Fsp3) is 0.750. The molecule has 0 aliphatic carbocycles. The van der Waals surface area contributed by atoms with Gasteiger partial charge in [0.1, 0.15) is 0 Å². The fourth-order valence-corrected chi connectivity index (χ4v) is 1.91. The summed E-state index contributed by atoms with van der Waals surface area (Å²) in [6.07, 6.45) is 4.68. The molecule has 1 heterocycles. The van der Waals surface area contributed by atoms with Gasteiger partial charge in [-0.2, -0.15) is 0 Å². The van der Waals surface area contributed by atoms with E-state index in [0.29, 0.717) is 0 Å². The summed E-state index contributed by atoms with van der Waals surface area (Å²) in [7, 11) is 0. The molecule has 1 aromatic rings. The molecular formula is C12H24N4O. The summed E-state index contributed by atoms with van der Waals surface area (Å²) in [4.78, 5) is 6.49. The van der Waals surface area contributed by atoms with Crippen LogP contribution >= 0.6 is 0 Å². The second-order valence-corrected chi connectivity index (χ2v) is 4.24. The lowest BCUT2D eigenvalue weighted by Gasteiger charge is -2.21. The zero-order chi connectivity index (χ0) is 12.7. The Bertz CT molecular complexity index is 313. The lowest BCUT2D eigenvalue weighted by molar-refractivity contribution is 0.255. The van der Waals surface area contributed by atoms with Crippen molar-refractivity contribution >= 4 is 0 Å². The van der Waals surface area contributed by atoms with Crippen LogP contribution in [0.4, 0.5) is 0 Å². The molecule has 0 saturated carbocycles. The average molecular weight is 240 g/mol. The highest BCUT2D eigenvalue weighted by atomic mass is 16.3. The van der Waals surface area contributed by atoms with Gasteiger partial charge in [-0.3, -0.25) is 0 Å². The van der Waals surface area contributed by atoms with Gasteiger partial charge in [-0.25, -0.2) is 4.98 Å². The molecule has 98 valence electrons. The largest absolute Gasteiger partial charge is 0.394 e. The third kappa shape index (κ3) is 4.11. The van der Waals surface area contributed by atoms with Gasteiger partial charge < -0.3 is 20.3 Å². The van der Waals surface area contributed by atoms with Crippen molar-refractivity contribution in [3.05, 3.63) is 18.2 Å². The number of aliphatic hydroxyl groups excluding tert-OH is 1. The van der Waals surface area contributed by atoms with E-state index in [1.807, 2.05) is 4.57 Å². The number of hydrogen-bond acceptors (Lipinski definition) is 4. The molecule has 0 amide bonds. The topological polar surface area (TPSA) is 67.3 Å². The first-order valence-corrected chi connectivity index (χ1v) is 6.31. The fourth-order valence-electron chi connectivity index (χ4n) is 1.91. The van der Waals surface area contributed by atoms with Crippen molar-refractivity contribution in [1.29, 1.82) is 0 Å². The number of rotatable bonds is 8. The number of nitrogens with two attached hydrogens (primary N) is 1. The summed E-state index contributed by atoms with van der Waals surface area (Å²) < 4.78 is 2.03. The van der Waals surface area contributed by atoms with E-state index in [4.69, 9.17) is 10.8 Å². The van der Waals surface area contributed by atoms with Gasteiger partial charge >= 0.3 is 0 Å². The van der Waals surface area contributed by atoms with Gasteiger partial charge in [-0.1, -0.05) is 13.8 Å². The first-order chi connectivity index (χ1) is 8.22. The Morgan fingerprint density at radius 1 is 1.47 bits per heavy atom. The van der Waals surface area contributed by atoms with Crippen molar-refractivity contribution in [2.75, 3.05) is 26.2 Å². The van der Waals surface area contributed by atoms with Crippen molar-refractivity contribution in [3.63, 3.8) is 0 Å². The van der Waals surface area contributed by atoms with Gasteiger partial charge in [0.15, 0.2) is 0 Å². The molecule has 0 aliphatic heterocycles. The minimum absolute atomic E-state index is 0.0435. The first-order valence-electron chi connectivity index (χ1n) is 6.31. The molecule has 1 rings (SSSR count). The molecule has 0 aromatic carbocycles. The highest BCUT2D eigenvalue weighted by Gasteiger charge is 2.10. The van der Waals surface area contributed by atoms with E-state index in [-0.39, 0.29) is 12.6 Å². The van der Waals surface area contributed by atoms with Gasteiger partial charge in [0.05, 0.1) is 24.7 Å². The molecule has 0 spiro atoms. The molecule has 0 fully saturated rings. The van der Waals surface area contributed by atoms with Gasteiger partial charge in [0.25, 0.3) is 0 Å². The van der Waals surface area contributed by atoms with Gasteiger partial charge in [0.2, 0.25) is 0 Å². The van der Waals surface area contributed by atoms with Crippen LogP contribution in [0.25, 0.3) is 0 Å². The maximum absolute atomic E-state index is 9.06. The van der Waals surface area contributed by atoms with Crippen LogP contribution in [0.1, 0.15) is 32.0 Å². The van der Waals surface area contributed by atoms with Crippen LogP contribution in [-0.4, -0.2) is 45.8 Å². The second-order valence-electron chi connectivity index (χ2n) is 4.24. The first kappa shape index (κ1) is 14.2. The number of likely N-dealkylation sites (N-methyl/N-ethyl adjacent to an activating group) is 1. The Morgan fingerprint density at radius 3 is 2.82 bits per heavy atom. The Hall–Kier alpha value is -0.910. The van der Waals surface area contributed by atoms with Gasteiger partial charge in [-0.15, -0.1) is 0 Å². The van der Waals surface area contributed by atoms with E-state index in [1.54, 1.807) is 12.5 Å². The molecule has 1 atom stereocenters. The van der Waals surface area contributed by atoms with Crippen molar-refractivity contribution in [2.24, 2.45) is 5.73 Å². The minimum atomic E-state index is -0.334. The molecule has 0 radical (unpaired) electrons. The van der Waals surface area contributed by atoms with E-state index < -0.39 is 0 Å². The zero-order valence-electron chi connectivity index (χ0n) is 10.8. The Kier molecular flexibility index (Phi) is 6.18.